The number of benzene rings is 2. The van der Waals surface area contributed by atoms with Crippen LogP contribution in [0, 0.1) is 0 Å². The van der Waals surface area contributed by atoms with Crippen molar-refractivity contribution in [3.63, 3.8) is 0 Å². The van der Waals surface area contributed by atoms with Crippen LogP contribution in [-0.4, -0.2) is 36.4 Å². The second-order valence-corrected chi connectivity index (χ2v) is 10.1. The van der Waals surface area contributed by atoms with E-state index >= 15 is 0 Å². The molecule has 0 amide bonds. The van der Waals surface area contributed by atoms with Gasteiger partial charge in [0.15, 0.2) is 0 Å². The van der Waals surface area contributed by atoms with Crippen LogP contribution in [0.25, 0.3) is 22.0 Å². The van der Waals surface area contributed by atoms with E-state index in [-0.39, 0.29) is 10.9 Å². The van der Waals surface area contributed by atoms with Gasteiger partial charge in [-0.25, -0.2) is 17.7 Å². The average Bonchev–Trinajstić information content (AvgIpc) is 3.33. The number of para-hydroxylation sites is 1. The number of hydrogen-bond donors (Lipinski definition) is 1. The summed E-state index contributed by atoms with van der Waals surface area (Å²) < 4.78 is 34.4. The lowest BCUT2D eigenvalue weighted by molar-refractivity contribution is 0.442. The van der Waals surface area contributed by atoms with Crippen molar-refractivity contribution in [2.24, 2.45) is 0 Å². The molecule has 164 valence electrons. The Morgan fingerprint density at radius 3 is 2.65 bits per heavy atom. The fourth-order valence-electron chi connectivity index (χ4n) is 3.70. The molecule has 8 heteroatoms. The number of aromatic nitrogens is 2. The predicted octanol–water partition coefficient (Wildman–Crippen LogP) is 4.29. The Morgan fingerprint density at radius 2 is 1.94 bits per heavy atom. The smallest absolute Gasteiger partial charge is 0.242 e. The van der Waals surface area contributed by atoms with Crippen LogP contribution in [0.15, 0.2) is 57.8 Å². The molecule has 2 aromatic heterocycles. The Morgan fingerprint density at radius 1 is 1.16 bits per heavy atom. The number of sulfonamides is 1. The predicted molar refractivity (Wildman–Crippen MR) is 122 cm³/mol. The van der Waals surface area contributed by atoms with Crippen molar-refractivity contribution < 1.29 is 12.8 Å². The standard InChI is InChI=1S/C23H28N4O3S/c1-5-12-27-20-11-10-18(31(28,29)26(3)4)14-19(20)25-23(27)15-24-16(2)22-13-17-8-6-7-9-21(17)30-22/h6-11,13-14,16,24H,5,12,15H2,1-4H3. The van der Waals surface area contributed by atoms with E-state index in [0.29, 0.717) is 12.1 Å². The molecule has 2 heterocycles. The number of furan rings is 1. The van der Waals surface area contributed by atoms with E-state index in [4.69, 9.17) is 9.40 Å². The molecule has 0 fully saturated rings. The Balaban J connectivity index is 1.62. The third kappa shape index (κ3) is 4.11. The highest BCUT2D eigenvalue weighted by Gasteiger charge is 2.20. The van der Waals surface area contributed by atoms with Gasteiger partial charge in [0.05, 0.1) is 28.5 Å². The van der Waals surface area contributed by atoms with Gasteiger partial charge in [-0.05, 0) is 43.7 Å². The quantitative estimate of drug-likeness (QED) is 0.442. The molecule has 0 saturated heterocycles. The van der Waals surface area contributed by atoms with Crippen molar-refractivity contribution in [1.29, 1.82) is 0 Å². The van der Waals surface area contributed by atoms with E-state index in [1.807, 2.05) is 30.3 Å². The van der Waals surface area contributed by atoms with E-state index < -0.39 is 10.0 Å². The van der Waals surface area contributed by atoms with Gasteiger partial charge in [0, 0.05) is 26.0 Å². The number of aryl methyl sites for hydroxylation is 1. The highest BCUT2D eigenvalue weighted by molar-refractivity contribution is 7.89. The second-order valence-electron chi connectivity index (χ2n) is 7.91. The summed E-state index contributed by atoms with van der Waals surface area (Å²) >= 11 is 0. The normalized spacial score (nSPS) is 13.5. The van der Waals surface area contributed by atoms with Gasteiger partial charge >= 0.3 is 0 Å². The highest BCUT2D eigenvalue weighted by atomic mass is 32.2. The third-order valence-electron chi connectivity index (χ3n) is 5.46. The number of hydrogen-bond acceptors (Lipinski definition) is 5. The van der Waals surface area contributed by atoms with Crippen molar-refractivity contribution >= 4 is 32.0 Å². The third-order valence-corrected chi connectivity index (χ3v) is 7.27. The molecular formula is C23H28N4O3S. The minimum Gasteiger partial charge on any atom is -0.459 e. The molecule has 0 radical (unpaired) electrons. The first-order valence-corrected chi connectivity index (χ1v) is 11.9. The average molecular weight is 441 g/mol. The van der Waals surface area contributed by atoms with E-state index in [2.05, 4.69) is 29.8 Å². The Labute approximate surface area is 182 Å². The van der Waals surface area contributed by atoms with Crippen LogP contribution < -0.4 is 5.32 Å². The zero-order valence-electron chi connectivity index (χ0n) is 18.3. The molecule has 4 aromatic rings. The van der Waals surface area contributed by atoms with Crippen LogP contribution in [0.3, 0.4) is 0 Å². The summed E-state index contributed by atoms with van der Waals surface area (Å²) in [6, 6.07) is 15.2. The Kier molecular flexibility index (Phi) is 5.88. The topological polar surface area (TPSA) is 80.4 Å². The van der Waals surface area contributed by atoms with E-state index in [1.54, 1.807) is 12.1 Å². The molecule has 2 aromatic carbocycles. The molecule has 1 unspecified atom stereocenters. The fourth-order valence-corrected chi connectivity index (χ4v) is 4.62. The molecule has 0 saturated carbocycles. The monoisotopic (exact) mass is 440 g/mol. The van der Waals surface area contributed by atoms with Gasteiger partial charge in [-0.15, -0.1) is 0 Å². The second kappa shape index (κ2) is 8.45. The highest BCUT2D eigenvalue weighted by Crippen LogP contribution is 2.25. The molecule has 0 bridgehead atoms. The van der Waals surface area contributed by atoms with Gasteiger partial charge in [-0.1, -0.05) is 25.1 Å². The van der Waals surface area contributed by atoms with Crippen molar-refractivity contribution in [3.05, 3.63) is 60.1 Å². The van der Waals surface area contributed by atoms with Crippen molar-refractivity contribution in [3.8, 4) is 0 Å². The molecule has 0 aliphatic carbocycles. The number of imidazole rings is 1. The van der Waals surface area contributed by atoms with Crippen LogP contribution >= 0.6 is 0 Å². The maximum absolute atomic E-state index is 12.5. The van der Waals surface area contributed by atoms with E-state index in [9.17, 15) is 8.42 Å². The van der Waals surface area contributed by atoms with E-state index in [1.165, 1.54) is 18.4 Å². The van der Waals surface area contributed by atoms with Gasteiger partial charge in [-0.3, -0.25) is 0 Å². The maximum Gasteiger partial charge on any atom is 0.242 e. The summed E-state index contributed by atoms with van der Waals surface area (Å²) in [7, 11) is -0.439. The molecule has 1 atom stereocenters. The van der Waals surface area contributed by atoms with Gasteiger partial charge < -0.3 is 14.3 Å². The van der Waals surface area contributed by atoms with Gasteiger partial charge in [-0.2, -0.15) is 0 Å². The van der Waals surface area contributed by atoms with Crippen molar-refractivity contribution in [1.82, 2.24) is 19.2 Å². The summed E-state index contributed by atoms with van der Waals surface area (Å²) in [4.78, 5) is 5.01. The van der Waals surface area contributed by atoms with Crippen LogP contribution in [0.1, 0.15) is 37.9 Å². The minimum absolute atomic E-state index is 0.00645. The Bertz CT molecular complexity index is 1290. The molecule has 1 N–H and O–H groups in total. The number of nitrogens with one attached hydrogen (secondary N) is 1. The van der Waals surface area contributed by atoms with Gasteiger partial charge in [0.25, 0.3) is 0 Å². The van der Waals surface area contributed by atoms with Crippen LogP contribution in [0.4, 0.5) is 0 Å². The van der Waals surface area contributed by atoms with Gasteiger partial charge in [0.1, 0.15) is 17.2 Å². The Hall–Kier alpha value is -2.68. The summed E-state index contributed by atoms with van der Waals surface area (Å²) in [5.74, 6) is 1.75. The van der Waals surface area contributed by atoms with Crippen molar-refractivity contribution in [2.45, 2.75) is 44.3 Å². The minimum atomic E-state index is -3.50. The lowest BCUT2D eigenvalue weighted by Gasteiger charge is -2.13. The molecular weight excluding hydrogens is 412 g/mol. The number of rotatable bonds is 8. The zero-order valence-corrected chi connectivity index (χ0v) is 19.1. The molecule has 31 heavy (non-hydrogen) atoms. The molecule has 0 spiro atoms. The first-order chi connectivity index (χ1) is 14.8. The summed E-state index contributed by atoms with van der Waals surface area (Å²) in [5, 5.41) is 4.58. The number of fused-ring (bicyclic) bond motifs is 2. The fraction of sp³-hybridized carbons (Fsp3) is 0.348. The first-order valence-electron chi connectivity index (χ1n) is 10.4. The molecule has 4 rings (SSSR count). The number of nitrogens with zero attached hydrogens (tertiary/aromatic N) is 3. The maximum atomic E-state index is 12.5. The summed E-state index contributed by atoms with van der Waals surface area (Å²) in [6.07, 6.45) is 0.954. The van der Waals surface area contributed by atoms with Gasteiger partial charge in [0.2, 0.25) is 10.0 Å². The lowest BCUT2D eigenvalue weighted by atomic mass is 10.2. The largest absolute Gasteiger partial charge is 0.459 e. The SMILES string of the molecule is CCCn1c(CNC(C)c2cc3ccccc3o2)nc2cc(S(=O)(=O)N(C)C)ccc21. The molecule has 7 nitrogen and oxygen atoms in total. The zero-order chi connectivity index (χ0) is 22.2. The summed E-state index contributed by atoms with van der Waals surface area (Å²) in [6.45, 7) is 5.53. The molecule has 0 aliphatic heterocycles. The van der Waals surface area contributed by atoms with Crippen molar-refractivity contribution in [2.75, 3.05) is 14.1 Å². The van der Waals surface area contributed by atoms with E-state index in [0.717, 1.165) is 41.0 Å². The van der Waals surface area contributed by atoms with Crippen LogP contribution in [0.2, 0.25) is 0 Å². The summed E-state index contributed by atoms with van der Waals surface area (Å²) in [5.41, 5.74) is 2.50. The first kappa shape index (κ1) is 21.5. The van der Waals surface area contributed by atoms with Crippen LogP contribution in [0.5, 0.6) is 0 Å². The molecule has 0 aliphatic rings. The van der Waals surface area contributed by atoms with Crippen LogP contribution in [-0.2, 0) is 23.1 Å². The lowest BCUT2D eigenvalue weighted by Crippen LogP contribution is -2.22.